The lowest BCUT2D eigenvalue weighted by molar-refractivity contribution is 0.189. The smallest absolute Gasteiger partial charge is 0.0948 e. The molecule has 14 heavy (non-hydrogen) atoms. The van der Waals surface area contributed by atoms with Crippen LogP contribution in [-0.4, -0.2) is 18.9 Å². The highest BCUT2D eigenvalue weighted by Gasteiger charge is 2.28. The number of rotatable bonds is 5. The van der Waals surface area contributed by atoms with Crippen molar-refractivity contribution in [1.29, 1.82) is 0 Å². The first-order valence-electron chi connectivity index (χ1n) is 5.11. The van der Waals surface area contributed by atoms with Crippen molar-refractivity contribution < 1.29 is 8.78 Å². The molecule has 0 amide bonds. The van der Waals surface area contributed by atoms with Crippen LogP contribution in [0.2, 0.25) is 0 Å². The second kappa shape index (κ2) is 5.06. The fraction of sp³-hybridized carbons (Fsp3) is 1.00. The third kappa shape index (κ3) is 6.30. The van der Waals surface area contributed by atoms with Crippen LogP contribution in [0.1, 0.15) is 40.5 Å². The predicted molar refractivity (Wildman–Crippen MR) is 56.7 cm³/mol. The van der Waals surface area contributed by atoms with E-state index in [1.165, 1.54) is 0 Å². The van der Waals surface area contributed by atoms with Crippen LogP contribution >= 0.6 is 0 Å². The molecule has 0 spiro atoms. The molecule has 0 saturated carbocycles. The summed E-state index contributed by atoms with van der Waals surface area (Å²) in [4.78, 5) is 0. The fourth-order valence-corrected chi connectivity index (χ4v) is 2.09. The van der Waals surface area contributed by atoms with Crippen molar-refractivity contribution in [1.82, 2.24) is 0 Å². The van der Waals surface area contributed by atoms with Gasteiger partial charge in [0.15, 0.2) is 0 Å². The second-order valence-corrected chi connectivity index (χ2v) is 5.77. The van der Waals surface area contributed by atoms with Crippen molar-refractivity contribution in [2.24, 2.45) is 17.1 Å². The first-order chi connectivity index (χ1) is 6.20. The summed E-state index contributed by atoms with van der Waals surface area (Å²) in [7, 11) is 0. The van der Waals surface area contributed by atoms with E-state index >= 15 is 0 Å². The maximum Gasteiger partial charge on any atom is 0.0948 e. The van der Waals surface area contributed by atoms with Crippen molar-refractivity contribution in [3.05, 3.63) is 0 Å². The van der Waals surface area contributed by atoms with Crippen LogP contribution in [0.4, 0.5) is 8.78 Å². The molecule has 0 fully saturated rings. The Morgan fingerprint density at radius 1 is 1.07 bits per heavy atom. The van der Waals surface area contributed by atoms with Crippen LogP contribution in [-0.2, 0) is 0 Å². The van der Waals surface area contributed by atoms with Gasteiger partial charge in [-0.2, -0.15) is 0 Å². The molecule has 0 bridgehead atoms. The van der Waals surface area contributed by atoms with E-state index in [-0.39, 0.29) is 5.41 Å². The molecule has 86 valence electrons. The van der Waals surface area contributed by atoms with E-state index in [1.54, 1.807) is 0 Å². The van der Waals surface area contributed by atoms with E-state index < -0.39 is 24.8 Å². The van der Waals surface area contributed by atoms with Gasteiger partial charge in [0.25, 0.3) is 0 Å². The average molecular weight is 207 g/mol. The van der Waals surface area contributed by atoms with E-state index in [4.69, 9.17) is 5.73 Å². The van der Waals surface area contributed by atoms with E-state index in [9.17, 15) is 8.78 Å². The summed E-state index contributed by atoms with van der Waals surface area (Å²) < 4.78 is 24.7. The predicted octanol–water partition coefficient (Wildman–Crippen LogP) is 3.09. The lowest BCUT2D eigenvalue weighted by atomic mass is 9.77. The number of hydrogen-bond acceptors (Lipinski definition) is 1. The van der Waals surface area contributed by atoms with Crippen LogP contribution in [0, 0.1) is 11.3 Å². The Bertz CT molecular complexity index is 157. The van der Waals surface area contributed by atoms with Gasteiger partial charge >= 0.3 is 0 Å². The quantitative estimate of drug-likeness (QED) is 0.736. The third-order valence-corrected chi connectivity index (χ3v) is 2.13. The Hall–Kier alpha value is -0.180. The fourth-order valence-electron chi connectivity index (χ4n) is 2.09. The normalized spacial score (nSPS) is 17.1. The van der Waals surface area contributed by atoms with Crippen molar-refractivity contribution in [3.63, 3.8) is 0 Å². The van der Waals surface area contributed by atoms with Gasteiger partial charge in [0.2, 0.25) is 0 Å². The van der Waals surface area contributed by atoms with Crippen LogP contribution in [0.25, 0.3) is 0 Å². The molecule has 0 saturated heterocycles. The van der Waals surface area contributed by atoms with Gasteiger partial charge in [-0.1, -0.05) is 20.8 Å². The highest BCUT2D eigenvalue weighted by Crippen LogP contribution is 2.29. The average Bonchev–Trinajstić information content (AvgIpc) is 1.95. The minimum atomic E-state index is -0.618. The Labute approximate surface area is 86.1 Å². The van der Waals surface area contributed by atoms with Crippen LogP contribution in [0.3, 0.4) is 0 Å². The van der Waals surface area contributed by atoms with Crippen LogP contribution in [0.5, 0.6) is 0 Å². The summed E-state index contributed by atoms with van der Waals surface area (Å²) >= 11 is 0. The van der Waals surface area contributed by atoms with Crippen molar-refractivity contribution in [2.75, 3.05) is 13.3 Å². The minimum absolute atomic E-state index is 0.0979. The lowest BCUT2D eigenvalue weighted by Crippen LogP contribution is -2.42. The van der Waals surface area contributed by atoms with Crippen molar-refractivity contribution >= 4 is 0 Å². The Balaban J connectivity index is 4.18. The Morgan fingerprint density at radius 2 is 1.50 bits per heavy atom. The van der Waals surface area contributed by atoms with Gasteiger partial charge in [0.1, 0.15) is 0 Å². The van der Waals surface area contributed by atoms with Gasteiger partial charge in [-0.3, -0.25) is 8.78 Å². The number of nitrogens with two attached hydrogens (primary N) is 1. The van der Waals surface area contributed by atoms with Crippen molar-refractivity contribution in [2.45, 2.75) is 46.1 Å². The van der Waals surface area contributed by atoms with Crippen LogP contribution in [0.15, 0.2) is 0 Å². The van der Waals surface area contributed by atoms with Gasteiger partial charge in [0, 0.05) is 11.5 Å². The molecule has 0 rings (SSSR count). The highest BCUT2D eigenvalue weighted by atomic mass is 19.1. The van der Waals surface area contributed by atoms with E-state index in [0.29, 0.717) is 6.42 Å². The summed E-state index contributed by atoms with van der Waals surface area (Å²) in [6.07, 6.45) is 1.19. The van der Waals surface area contributed by atoms with Crippen molar-refractivity contribution in [3.8, 4) is 0 Å². The van der Waals surface area contributed by atoms with Gasteiger partial charge in [-0.15, -0.1) is 0 Å². The van der Waals surface area contributed by atoms with E-state index in [0.717, 1.165) is 6.42 Å². The second-order valence-electron chi connectivity index (χ2n) is 5.77. The molecule has 3 heteroatoms. The number of hydrogen-bond donors (Lipinski definition) is 1. The molecular formula is C11H23F2N. The summed E-state index contributed by atoms with van der Waals surface area (Å²) in [5, 5.41) is 0. The zero-order valence-electron chi connectivity index (χ0n) is 9.74. The molecule has 0 heterocycles. The molecular weight excluding hydrogens is 184 g/mol. The molecule has 0 aromatic heterocycles. The number of alkyl halides is 2. The summed E-state index contributed by atoms with van der Waals surface area (Å²) in [6, 6.07) is 0. The molecule has 0 aliphatic carbocycles. The standard InChI is InChI=1S/C11H23F2N/c1-10(2,3)8-11(4,14)5-9(6-12)7-13/h9H,5-8,14H2,1-4H3. The summed E-state index contributed by atoms with van der Waals surface area (Å²) in [5.74, 6) is -0.535. The first kappa shape index (κ1) is 13.8. The highest BCUT2D eigenvalue weighted by molar-refractivity contribution is 4.86. The molecule has 0 aliphatic rings. The zero-order valence-corrected chi connectivity index (χ0v) is 9.74. The number of halogens is 2. The van der Waals surface area contributed by atoms with E-state index in [1.807, 2.05) is 6.92 Å². The molecule has 1 atom stereocenters. The topological polar surface area (TPSA) is 26.0 Å². The molecule has 1 unspecified atom stereocenters. The van der Waals surface area contributed by atoms with Gasteiger partial charge in [0.05, 0.1) is 13.3 Å². The lowest BCUT2D eigenvalue weighted by Gasteiger charge is -2.34. The first-order valence-corrected chi connectivity index (χ1v) is 5.11. The maximum absolute atomic E-state index is 12.3. The molecule has 0 aliphatic heterocycles. The minimum Gasteiger partial charge on any atom is -0.325 e. The Morgan fingerprint density at radius 3 is 1.79 bits per heavy atom. The molecule has 0 radical (unpaired) electrons. The maximum atomic E-state index is 12.3. The van der Waals surface area contributed by atoms with Gasteiger partial charge < -0.3 is 5.73 Å². The summed E-state index contributed by atoms with van der Waals surface area (Å²) in [6.45, 7) is 6.88. The van der Waals surface area contributed by atoms with Gasteiger partial charge in [-0.05, 0) is 25.2 Å². The summed E-state index contributed by atoms with van der Waals surface area (Å²) in [5.41, 5.74) is 5.65. The van der Waals surface area contributed by atoms with Gasteiger partial charge in [-0.25, -0.2) is 0 Å². The third-order valence-electron chi connectivity index (χ3n) is 2.13. The SMILES string of the molecule is CC(C)(C)CC(C)(N)CC(CF)CF. The van der Waals surface area contributed by atoms with Crippen LogP contribution < -0.4 is 5.73 Å². The molecule has 1 nitrogen and oxygen atoms in total. The Kier molecular flexibility index (Phi) is 4.99. The molecule has 0 aromatic rings. The largest absolute Gasteiger partial charge is 0.325 e. The zero-order chi connectivity index (χ0) is 11.4. The van der Waals surface area contributed by atoms with E-state index in [2.05, 4.69) is 20.8 Å². The molecule has 0 aromatic carbocycles. The molecule has 2 N–H and O–H groups in total. The monoisotopic (exact) mass is 207 g/mol.